The van der Waals surface area contributed by atoms with Crippen LogP contribution in [0.4, 0.5) is 5.95 Å². The molecule has 2 aliphatic heterocycles. The van der Waals surface area contributed by atoms with Crippen molar-refractivity contribution >= 4 is 11.7 Å². The lowest BCUT2D eigenvalue weighted by Crippen LogP contribution is -2.53. The van der Waals surface area contributed by atoms with Crippen LogP contribution in [0, 0.1) is 5.92 Å². The molecule has 2 atom stereocenters. The molecule has 0 N–H and O–H groups in total. The Morgan fingerprint density at radius 1 is 1.04 bits per heavy atom. The molecule has 0 amide bonds. The van der Waals surface area contributed by atoms with Gasteiger partial charge in [0.25, 0.3) is 0 Å². The van der Waals surface area contributed by atoms with Gasteiger partial charge >= 0.3 is 0 Å². The van der Waals surface area contributed by atoms with Crippen LogP contribution in [0.3, 0.4) is 0 Å². The quantitative estimate of drug-likeness (QED) is 0.809. The first-order valence-corrected chi connectivity index (χ1v) is 10.4. The van der Waals surface area contributed by atoms with E-state index in [-0.39, 0.29) is 0 Å². The molecule has 1 saturated carbocycles. The van der Waals surface area contributed by atoms with Crippen LogP contribution in [0.25, 0.3) is 0 Å². The normalized spacial score (nSPS) is 32.0. The number of hydrogen-bond acceptors (Lipinski definition) is 5. The van der Waals surface area contributed by atoms with Crippen LogP contribution in [-0.2, 0) is 4.79 Å². The van der Waals surface area contributed by atoms with Crippen LogP contribution >= 0.6 is 0 Å². The lowest BCUT2D eigenvalue weighted by atomic mass is 9.77. The Morgan fingerprint density at radius 3 is 2.23 bits per heavy atom. The molecule has 5 nitrogen and oxygen atoms in total. The van der Waals surface area contributed by atoms with Gasteiger partial charge in [0.2, 0.25) is 5.95 Å². The van der Waals surface area contributed by atoms with Crippen LogP contribution in [0.15, 0.2) is 12.4 Å². The summed E-state index contributed by atoms with van der Waals surface area (Å²) in [4.78, 5) is 26.1. The van der Waals surface area contributed by atoms with Crippen molar-refractivity contribution < 1.29 is 4.79 Å². The zero-order valence-electron chi connectivity index (χ0n) is 16.2. The predicted molar refractivity (Wildman–Crippen MR) is 103 cm³/mol. The molecule has 2 saturated heterocycles. The summed E-state index contributed by atoms with van der Waals surface area (Å²) in [6.07, 6.45) is 12.8. The van der Waals surface area contributed by atoms with Crippen molar-refractivity contribution in [2.45, 2.75) is 76.3 Å². The fourth-order valence-electron chi connectivity index (χ4n) is 5.28. The summed E-state index contributed by atoms with van der Waals surface area (Å²) in [6, 6.07) is 1.16. The molecular formula is C21H32N4O. The summed E-state index contributed by atoms with van der Waals surface area (Å²) in [7, 11) is 2.22. The number of hydrogen-bond donors (Lipinski definition) is 0. The van der Waals surface area contributed by atoms with Gasteiger partial charge in [-0.2, -0.15) is 0 Å². The van der Waals surface area contributed by atoms with Gasteiger partial charge in [0.05, 0.1) is 0 Å². The van der Waals surface area contributed by atoms with Crippen LogP contribution in [0.1, 0.15) is 69.8 Å². The largest absolute Gasteiger partial charge is 0.332 e. The predicted octanol–water partition coefficient (Wildman–Crippen LogP) is 3.40. The van der Waals surface area contributed by atoms with E-state index in [4.69, 9.17) is 9.97 Å². The lowest BCUT2D eigenvalue weighted by Gasteiger charge is -2.39. The highest BCUT2D eigenvalue weighted by molar-refractivity contribution is 5.78. The third-order valence-electron chi connectivity index (χ3n) is 6.78. The summed E-state index contributed by atoms with van der Waals surface area (Å²) in [5.41, 5.74) is 1.29. The van der Waals surface area contributed by atoms with E-state index in [1.54, 1.807) is 0 Å². The summed E-state index contributed by atoms with van der Waals surface area (Å²) in [5.74, 6) is 2.51. The number of piperazine rings is 1. The third-order valence-corrected chi connectivity index (χ3v) is 6.78. The molecule has 142 valence electrons. The second-order valence-corrected chi connectivity index (χ2v) is 8.64. The van der Waals surface area contributed by atoms with E-state index < -0.39 is 0 Å². The van der Waals surface area contributed by atoms with Crippen molar-refractivity contribution in [3.63, 3.8) is 0 Å². The van der Waals surface area contributed by atoms with Crippen molar-refractivity contribution in [1.29, 1.82) is 0 Å². The highest BCUT2D eigenvalue weighted by Gasteiger charge is 2.40. The minimum atomic E-state index is 0.419. The zero-order valence-corrected chi connectivity index (χ0v) is 16.2. The monoisotopic (exact) mass is 356 g/mol. The maximum absolute atomic E-state index is 11.7. The average molecular weight is 357 g/mol. The number of ketones is 1. The van der Waals surface area contributed by atoms with E-state index in [9.17, 15) is 4.79 Å². The molecule has 0 aromatic carbocycles. The van der Waals surface area contributed by atoms with Crippen molar-refractivity contribution in [2.24, 2.45) is 5.92 Å². The van der Waals surface area contributed by atoms with E-state index in [0.29, 0.717) is 36.1 Å². The van der Waals surface area contributed by atoms with Crippen LogP contribution in [-0.4, -0.2) is 52.9 Å². The molecule has 0 radical (unpaired) electrons. The van der Waals surface area contributed by atoms with Gasteiger partial charge in [-0.05, 0) is 63.0 Å². The van der Waals surface area contributed by atoms with Crippen molar-refractivity contribution in [3.8, 4) is 0 Å². The molecule has 5 heteroatoms. The zero-order chi connectivity index (χ0) is 18.1. The van der Waals surface area contributed by atoms with Crippen LogP contribution in [0.5, 0.6) is 0 Å². The van der Waals surface area contributed by atoms with Crippen LogP contribution in [0.2, 0.25) is 0 Å². The molecule has 1 aromatic heterocycles. The molecule has 4 rings (SSSR count). The summed E-state index contributed by atoms with van der Waals surface area (Å²) in [6.45, 7) is 4.23. The van der Waals surface area contributed by atoms with Crippen molar-refractivity contribution in [3.05, 3.63) is 18.0 Å². The highest BCUT2D eigenvalue weighted by atomic mass is 16.1. The Balaban J connectivity index is 1.36. The van der Waals surface area contributed by atoms with E-state index in [2.05, 4.69) is 29.2 Å². The molecule has 0 spiro atoms. The van der Waals surface area contributed by atoms with Gasteiger partial charge in [0.1, 0.15) is 5.78 Å². The fraction of sp³-hybridized carbons (Fsp3) is 0.762. The van der Waals surface area contributed by atoms with Crippen LogP contribution < -0.4 is 4.90 Å². The number of anilines is 1. The number of fused-ring (bicyclic) bond motifs is 2. The Kier molecular flexibility index (Phi) is 5.25. The number of likely N-dealkylation sites (tertiary alicyclic amines) is 1. The summed E-state index contributed by atoms with van der Waals surface area (Å²) in [5, 5.41) is 0. The molecule has 2 unspecified atom stereocenters. The highest BCUT2D eigenvalue weighted by Crippen LogP contribution is 2.38. The Hall–Kier alpha value is -1.49. The first-order valence-electron chi connectivity index (χ1n) is 10.4. The number of Topliss-reactive ketones (excluding diaryl/α,β-unsaturated/α-hetero) is 1. The third kappa shape index (κ3) is 3.64. The minimum absolute atomic E-state index is 0.419. The number of rotatable bonds is 5. The molecule has 3 aliphatic rings. The smallest absolute Gasteiger partial charge is 0.225 e. The van der Waals surface area contributed by atoms with Gasteiger partial charge in [-0.1, -0.05) is 6.92 Å². The lowest BCUT2D eigenvalue weighted by molar-refractivity contribution is -0.119. The number of aromatic nitrogens is 2. The van der Waals surface area contributed by atoms with Gasteiger partial charge < -0.3 is 9.80 Å². The maximum atomic E-state index is 11.7. The Labute approximate surface area is 157 Å². The maximum Gasteiger partial charge on any atom is 0.225 e. The number of nitrogens with zero attached hydrogens (tertiary/aromatic N) is 4. The Bertz CT molecular complexity index is 609. The minimum Gasteiger partial charge on any atom is -0.332 e. The second kappa shape index (κ2) is 7.63. The average Bonchev–Trinajstić information content (AvgIpc) is 2.93. The molecule has 1 aromatic rings. The standard InChI is InChI=1S/C21H32N4O/c1-3-20(26)10-15-4-6-16(7-5-15)17-11-22-21(23-12-17)25-18-8-9-19(25)14-24(2)13-18/h11-12,15-16,18-19H,3-10,13-14H2,1-2H3. The second-order valence-electron chi connectivity index (χ2n) is 8.64. The number of likely N-dealkylation sites (N-methyl/N-ethyl adjacent to an activating group) is 1. The SMILES string of the molecule is CCC(=O)CC1CCC(c2cnc(N3C4CCC3CN(C)C4)nc2)CC1. The molecule has 1 aliphatic carbocycles. The topological polar surface area (TPSA) is 49.3 Å². The van der Waals surface area contributed by atoms with Gasteiger partial charge in [0.15, 0.2) is 0 Å². The Morgan fingerprint density at radius 2 is 1.65 bits per heavy atom. The van der Waals surface area contributed by atoms with Gasteiger partial charge in [-0.25, -0.2) is 9.97 Å². The van der Waals surface area contributed by atoms with E-state index in [1.807, 2.05) is 6.92 Å². The molecule has 26 heavy (non-hydrogen) atoms. The van der Waals surface area contributed by atoms with E-state index in [0.717, 1.165) is 25.5 Å². The molecule has 2 bridgehead atoms. The molecular weight excluding hydrogens is 324 g/mol. The van der Waals surface area contributed by atoms with Crippen molar-refractivity contribution in [1.82, 2.24) is 14.9 Å². The first-order chi connectivity index (χ1) is 12.6. The van der Waals surface area contributed by atoms with Crippen molar-refractivity contribution in [2.75, 3.05) is 25.0 Å². The van der Waals surface area contributed by atoms with E-state index in [1.165, 1.54) is 44.1 Å². The van der Waals surface area contributed by atoms with E-state index >= 15 is 0 Å². The van der Waals surface area contributed by atoms with Gasteiger partial charge in [-0.15, -0.1) is 0 Å². The number of carbonyl (C=O) groups excluding carboxylic acids is 1. The first kappa shape index (κ1) is 17.9. The molecule has 3 fully saturated rings. The number of carbonyl (C=O) groups is 1. The molecule has 3 heterocycles. The van der Waals surface area contributed by atoms with Gasteiger partial charge in [0, 0.05) is 50.4 Å². The fourth-order valence-corrected chi connectivity index (χ4v) is 5.28. The summed E-state index contributed by atoms with van der Waals surface area (Å²) < 4.78 is 0. The summed E-state index contributed by atoms with van der Waals surface area (Å²) >= 11 is 0. The van der Waals surface area contributed by atoms with Gasteiger partial charge in [-0.3, -0.25) is 4.79 Å².